The molecule has 2 saturated carbocycles. The molecule has 23 heavy (non-hydrogen) atoms. The van der Waals surface area contributed by atoms with Gasteiger partial charge < -0.3 is 15.4 Å². The van der Waals surface area contributed by atoms with Gasteiger partial charge in [-0.1, -0.05) is 24.6 Å². The minimum Gasteiger partial charge on any atom is -0.377 e. The molecule has 2 aliphatic carbocycles. The number of para-hydroxylation sites is 1. The fourth-order valence-corrected chi connectivity index (χ4v) is 4.94. The third-order valence-corrected chi connectivity index (χ3v) is 6.26. The van der Waals surface area contributed by atoms with E-state index in [1.54, 1.807) is 0 Å². The summed E-state index contributed by atoms with van der Waals surface area (Å²) in [5.74, 6) is 0.647. The average Bonchev–Trinajstić information content (AvgIpc) is 2.88. The molecule has 1 saturated heterocycles. The zero-order valence-corrected chi connectivity index (χ0v) is 14.0. The second-order valence-corrected chi connectivity index (χ2v) is 7.50. The van der Waals surface area contributed by atoms with Crippen molar-refractivity contribution in [1.29, 1.82) is 0 Å². The van der Waals surface area contributed by atoms with Crippen LogP contribution in [0.15, 0.2) is 18.2 Å². The number of rotatable bonds is 4. The Hall–Kier alpha value is -1.55. The first-order chi connectivity index (χ1) is 11.1. The number of hydrogen-bond acceptors (Lipinski definition) is 3. The molecular weight excluding hydrogens is 288 g/mol. The van der Waals surface area contributed by atoms with Gasteiger partial charge in [0.15, 0.2) is 0 Å². The van der Waals surface area contributed by atoms with Crippen LogP contribution >= 0.6 is 0 Å². The van der Waals surface area contributed by atoms with Crippen molar-refractivity contribution in [1.82, 2.24) is 5.32 Å². The van der Waals surface area contributed by atoms with E-state index in [1.165, 1.54) is 30.4 Å². The van der Waals surface area contributed by atoms with Crippen molar-refractivity contribution in [3.63, 3.8) is 0 Å². The first-order valence-electron chi connectivity index (χ1n) is 8.83. The van der Waals surface area contributed by atoms with Gasteiger partial charge in [-0.2, -0.15) is 0 Å². The molecule has 0 unspecified atom stereocenters. The molecule has 3 fully saturated rings. The number of anilines is 1. The molecule has 4 nitrogen and oxygen atoms in total. The van der Waals surface area contributed by atoms with Crippen LogP contribution in [0.25, 0.3) is 0 Å². The summed E-state index contributed by atoms with van der Waals surface area (Å²) in [5, 5.41) is 6.62. The molecule has 3 atom stereocenters. The van der Waals surface area contributed by atoms with Crippen LogP contribution in [0.3, 0.4) is 0 Å². The minimum absolute atomic E-state index is 0.106. The van der Waals surface area contributed by atoms with Crippen LogP contribution < -0.4 is 10.6 Å². The van der Waals surface area contributed by atoms with Crippen LogP contribution in [0.4, 0.5) is 5.69 Å². The second-order valence-electron chi connectivity index (χ2n) is 7.50. The molecule has 4 heteroatoms. The fourth-order valence-electron chi connectivity index (χ4n) is 4.94. The number of ether oxygens (including phenoxy) is 1. The smallest absolute Gasteiger partial charge is 0.239 e. The minimum atomic E-state index is 0.106. The van der Waals surface area contributed by atoms with E-state index in [9.17, 15) is 4.79 Å². The van der Waals surface area contributed by atoms with Gasteiger partial charge in [-0.15, -0.1) is 0 Å². The van der Waals surface area contributed by atoms with E-state index >= 15 is 0 Å². The molecule has 0 aromatic heterocycles. The summed E-state index contributed by atoms with van der Waals surface area (Å²) in [6, 6.07) is 6.52. The molecule has 4 rings (SSSR count). The Morgan fingerprint density at radius 2 is 2.04 bits per heavy atom. The van der Waals surface area contributed by atoms with E-state index in [2.05, 4.69) is 36.6 Å². The molecule has 1 heterocycles. The van der Waals surface area contributed by atoms with Gasteiger partial charge in [0.05, 0.1) is 12.6 Å². The summed E-state index contributed by atoms with van der Waals surface area (Å²) in [6.07, 6.45) is 5.21. The second kappa shape index (κ2) is 5.52. The normalized spacial score (nSPS) is 30.3. The molecule has 3 aliphatic rings. The quantitative estimate of drug-likeness (QED) is 0.898. The number of carbonyl (C=O) groups is 1. The highest BCUT2D eigenvalue weighted by atomic mass is 16.5. The molecule has 124 valence electrons. The molecule has 0 bridgehead atoms. The predicted octanol–water partition coefficient (Wildman–Crippen LogP) is 2.79. The number of fused-ring (bicyclic) bond motifs is 2. The van der Waals surface area contributed by atoms with Gasteiger partial charge in [-0.3, -0.25) is 4.79 Å². The zero-order valence-electron chi connectivity index (χ0n) is 14.0. The molecule has 1 spiro atoms. The highest BCUT2D eigenvalue weighted by Crippen LogP contribution is 2.62. The van der Waals surface area contributed by atoms with Gasteiger partial charge >= 0.3 is 0 Å². The van der Waals surface area contributed by atoms with Crippen molar-refractivity contribution in [2.24, 2.45) is 11.3 Å². The van der Waals surface area contributed by atoms with Crippen molar-refractivity contribution in [2.45, 2.75) is 51.7 Å². The van der Waals surface area contributed by atoms with Crippen molar-refractivity contribution in [3.05, 3.63) is 29.3 Å². The Bertz CT molecular complexity index is 604. The van der Waals surface area contributed by atoms with E-state index in [1.807, 2.05) is 6.07 Å². The summed E-state index contributed by atoms with van der Waals surface area (Å²) >= 11 is 0. The van der Waals surface area contributed by atoms with Gasteiger partial charge in [-0.05, 0) is 44.2 Å². The van der Waals surface area contributed by atoms with Crippen molar-refractivity contribution >= 4 is 11.6 Å². The third kappa shape index (κ3) is 2.26. The number of aryl methyl sites for hydroxylation is 2. The van der Waals surface area contributed by atoms with Crippen LogP contribution in [0, 0.1) is 25.2 Å². The molecule has 0 radical (unpaired) electrons. The van der Waals surface area contributed by atoms with E-state index in [0.29, 0.717) is 24.6 Å². The number of hydrogen-bond donors (Lipinski definition) is 2. The van der Waals surface area contributed by atoms with Crippen molar-refractivity contribution < 1.29 is 9.53 Å². The largest absolute Gasteiger partial charge is 0.377 e. The first-order valence-corrected chi connectivity index (χ1v) is 8.83. The van der Waals surface area contributed by atoms with Crippen LogP contribution in [-0.4, -0.2) is 31.2 Å². The maximum absolute atomic E-state index is 12.4. The highest BCUT2D eigenvalue weighted by molar-refractivity contribution is 5.82. The van der Waals surface area contributed by atoms with Crippen LogP contribution in [0.5, 0.6) is 0 Å². The van der Waals surface area contributed by atoms with Gasteiger partial charge in [0.2, 0.25) is 5.91 Å². The van der Waals surface area contributed by atoms with Crippen LogP contribution in [-0.2, 0) is 9.53 Å². The van der Waals surface area contributed by atoms with Gasteiger partial charge in [-0.25, -0.2) is 0 Å². The van der Waals surface area contributed by atoms with Crippen molar-refractivity contribution in [3.8, 4) is 0 Å². The molecular formula is C19H26N2O2. The van der Waals surface area contributed by atoms with Crippen LogP contribution in [0.2, 0.25) is 0 Å². The Kier molecular flexibility index (Phi) is 3.60. The lowest BCUT2D eigenvalue weighted by Gasteiger charge is -2.63. The summed E-state index contributed by atoms with van der Waals surface area (Å²) in [7, 11) is 0. The van der Waals surface area contributed by atoms with E-state index in [0.717, 1.165) is 18.7 Å². The van der Waals surface area contributed by atoms with E-state index in [-0.39, 0.29) is 11.3 Å². The fraction of sp³-hybridized carbons (Fsp3) is 0.632. The standard InChI is InChI=1S/C19H26N2O2/c1-12-5-3-6-13(2)16(12)20-11-15(22)21-17-14-7-10-23-18(14)19(17)8-4-9-19/h3,5-6,14,17-18,20H,4,7-11H2,1-2H3,(H,21,22)/t14-,17+,18+/m0/s1. The molecule has 1 aromatic carbocycles. The Balaban J connectivity index is 1.37. The Morgan fingerprint density at radius 1 is 1.30 bits per heavy atom. The number of benzene rings is 1. The molecule has 2 N–H and O–H groups in total. The number of carbonyl (C=O) groups excluding carboxylic acids is 1. The first kappa shape index (κ1) is 15.0. The lowest BCUT2D eigenvalue weighted by atomic mass is 9.46. The Labute approximate surface area is 138 Å². The molecule has 1 aromatic rings. The molecule has 1 aliphatic heterocycles. The molecule has 1 amide bonds. The monoisotopic (exact) mass is 314 g/mol. The SMILES string of the molecule is Cc1cccc(C)c1NCC(=O)N[C@@H]1[C@@H]2CCO[C@H]2C12CCC2. The van der Waals surface area contributed by atoms with Gasteiger partial charge in [0, 0.05) is 29.7 Å². The lowest BCUT2D eigenvalue weighted by Crippen LogP contribution is -2.72. The maximum atomic E-state index is 12.4. The number of nitrogens with one attached hydrogen (secondary N) is 2. The van der Waals surface area contributed by atoms with Gasteiger partial charge in [0.1, 0.15) is 0 Å². The zero-order chi connectivity index (χ0) is 16.0. The topological polar surface area (TPSA) is 50.4 Å². The predicted molar refractivity (Wildman–Crippen MR) is 90.5 cm³/mol. The lowest BCUT2D eigenvalue weighted by molar-refractivity contribution is -0.178. The summed E-state index contributed by atoms with van der Waals surface area (Å²) in [5.41, 5.74) is 3.70. The Morgan fingerprint density at radius 3 is 2.70 bits per heavy atom. The summed E-state index contributed by atoms with van der Waals surface area (Å²) in [4.78, 5) is 12.4. The van der Waals surface area contributed by atoms with E-state index in [4.69, 9.17) is 4.74 Å². The van der Waals surface area contributed by atoms with Crippen molar-refractivity contribution in [2.75, 3.05) is 18.5 Å². The summed E-state index contributed by atoms with van der Waals surface area (Å²) < 4.78 is 5.92. The van der Waals surface area contributed by atoms with Crippen LogP contribution in [0.1, 0.15) is 36.8 Å². The van der Waals surface area contributed by atoms with Gasteiger partial charge in [0.25, 0.3) is 0 Å². The highest BCUT2D eigenvalue weighted by Gasteiger charge is 2.66. The van der Waals surface area contributed by atoms with E-state index < -0.39 is 0 Å². The number of amides is 1. The average molecular weight is 314 g/mol. The maximum Gasteiger partial charge on any atom is 0.239 e. The summed E-state index contributed by atoms with van der Waals surface area (Å²) in [6.45, 7) is 5.35. The third-order valence-electron chi connectivity index (χ3n) is 6.26.